The summed E-state index contributed by atoms with van der Waals surface area (Å²) in [6.07, 6.45) is 2.27. The van der Waals surface area contributed by atoms with Gasteiger partial charge in [0.05, 0.1) is 11.9 Å². The minimum absolute atomic E-state index is 0.00357. The van der Waals surface area contributed by atoms with Crippen molar-refractivity contribution >= 4 is 34.1 Å². The second kappa shape index (κ2) is 6.25. The van der Waals surface area contributed by atoms with Crippen LogP contribution in [-0.2, 0) is 4.79 Å². The van der Waals surface area contributed by atoms with Gasteiger partial charge in [0.2, 0.25) is 5.91 Å². The number of carbonyl (C=O) groups excluding carboxylic acids is 1. The molecule has 1 aliphatic rings. The summed E-state index contributed by atoms with van der Waals surface area (Å²) in [4.78, 5) is 12.5. The van der Waals surface area contributed by atoms with Crippen molar-refractivity contribution in [2.24, 2.45) is 0 Å². The molecule has 0 spiro atoms. The van der Waals surface area contributed by atoms with Crippen molar-refractivity contribution in [3.8, 4) is 5.69 Å². The number of nitrogens with zero attached hydrogens (tertiary/aromatic N) is 2. The summed E-state index contributed by atoms with van der Waals surface area (Å²) in [5, 5.41) is 10.6. The van der Waals surface area contributed by atoms with E-state index >= 15 is 0 Å². The third kappa shape index (κ3) is 2.69. The summed E-state index contributed by atoms with van der Waals surface area (Å²) in [6, 6.07) is 21.9. The first-order valence-electron chi connectivity index (χ1n) is 8.82. The summed E-state index contributed by atoms with van der Waals surface area (Å²) < 4.78 is 1.76. The molecule has 0 saturated carbocycles. The monoisotopic (exact) mass is 373 g/mol. The van der Waals surface area contributed by atoms with Gasteiger partial charge in [-0.2, -0.15) is 5.10 Å². The van der Waals surface area contributed by atoms with E-state index in [0.29, 0.717) is 11.4 Å². The second-order valence-electron chi connectivity index (χ2n) is 6.71. The van der Waals surface area contributed by atoms with Gasteiger partial charge in [0.25, 0.3) is 0 Å². The molecule has 1 amide bonds. The van der Waals surface area contributed by atoms with Gasteiger partial charge >= 0.3 is 0 Å². The predicted octanol–water partition coefficient (Wildman–Crippen LogP) is 5.15. The quantitative estimate of drug-likeness (QED) is 0.528. The highest BCUT2D eigenvalue weighted by molar-refractivity contribution is 6.30. The Morgan fingerprint density at radius 3 is 2.59 bits per heavy atom. The van der Waals surface area contributed by atoms with Crippen LogP contribution < -0.4 is 5.32 Å². The van der Waals surface area contributed by atoms with Gasteiger partial charge in [-0.05, 0) is 40.6 Å². The van der Waals surface area contributed by atoms with Gasteiger partial charge in [-0.25, -0.2) is 4.68 Å². The number of halogens is 1. The number of fused-ring (bicyclic) bond motifs is 2. The molecule has 27 heavy (non-hydrogen) atoms. The first-order chi connectivity index (χ1) is 13.2. The molecule has 4 nitrogen and oxygen atoms in total. The predicted molar refractivity (Wildman–Crippen MR) is 108 cm³/mol. The number of amides is 1. The van der Waals surface area contributed by atoms with Crippen LogP contribution in [0.25, 0.3) is 16.5 Å². The van der Waals surface area contributed by atoms with Crippen LogP contribution in [0.2, 0.25) is 5.02 Å². The Hall–Kier alpha value is -3.11. The van der Waals surface area contributed by atoms with E-state index in [1.54, 1.807) is 4.68 Å². The Balaban J connectivity index is 1.67. The average Bonchev–Trinajstić information content (AvgIpc) is 3.11. The molecule has 5 rings (SSSR count). The van der Waals surface area contributed by atoms with E-state index < -0.39 is 0 Å². The maximum atomic E-state index is 12.5. The Bertz CT molecular complexity index is 1160. The molecular formula is C22H16ClN3O. The molecule has 132 valence electrons. The smallest absolute Gasteiger partial charge is 0.226 e. The van der Waals surface area contributed by atoms with Crippen LogP contribution in [-0.4, -0.2) is 15.7 Å². The van der Waals surface area contributed by atoms with Gasteiger partial charge in [-0.3, -0.25) is 4.79 Å². The van der Waals surface area contributed by atoms with Gasteiger partial charge < -0.3 is 5.32 Å². The van der Waals surface area contributed by atoms with Gasteiger partial charge in [-0.1, -0.05) is 54.1 Å². The maximum absolute atomic E-state index is 12.5. The lowest BCUT2D eigenvalue weighted by Gasteiger charge is -2.25. The second-order valence-corrected chi connectivity index (χ2v) is 7.15. The Kier molecular flexibility index (Phi) is 3.73. The van der Waals surface area contributed by atoms with Crippen LogP contribution >= 0.6 is 11.6 Å². The van der Waals surface area contributed by atoms with Crippen LogP contribution in [0, 0.1) is 0 Å². The molecule has 0 fully saturated rings. The number of benzene rings is 3. The van der Waals surface area contributed by atoms with Crippen molar-refractivity contribution in [3.63, 3.8) is 0 Å². The van der Waals surface area contributed by atoms with Crippen molar-refractivity contribution in [2.45, 2.75) is 12.3 Å². The lowest BCUT2D eigenvalue weighted by atomic mass is 9.84. The molecule has 0 saturated heterocycles. The number of anilines is 1. The molecule has 0 bridgehead atoms. The minimum atomic E-state index is -0.0269. The maximum Gasteiger partial charge on any atom is 0.226 e. The fourth-order valence-corrected chi connectivity index (χ4v) is 3.96. The summed E-state index contributed by atoms with van der Waals surface area (Å²) in [6.45, 7) is 0. The topological polar surface area (TPSA) is 46.9 Å². The first kappa shape index (κ1) is 16.1. The first-order valence-corrected chi connectivity index (χ1v) is 9.20. The lowest BCUT2D eigenvalue weighted by molar-refractivity contribution is -0.116. The molecule has 0 radical (unpaired) electrons. The third-order valence-electron chi connectivity index (χ3n) is 5.09. The average molecular weight is 374 g/mol. The fourth-order valence-electron chi connectivity index (χ4n) is 3.83. The van der Waals surface area contributed by atoms with E-state index in [9.17, 15) is 4.79 Å². The normalized spacial score (nSPS) is 16.2. The van der Waals surface area contributed by atoms with E-state index in [1.165, 1.54) is 10.8 Å². The summed E-state index contributed by atoms with van der Waals surface area (Å²) in [5.74, 6) is 0.698. The summed E-state index contributed by atoms with van der Waals surface area (Å²) in [7, 11) is 0. The standard InChI is InChI=1S/C22H16ClN3O/c23-15-8-10-16(11-9-15)26-22-20(13-24-26)19(12-21(27)25-22)18-7-3-5-14-4-1-2-6-17(14)18/h1-11,13,19H,12H2,(H,25,27)/t19-/m0/s1. The minimum Gasteiger partial charge on any atom is -0.310 e. The molecule has 5 heteroatoms. The molecular weight excluding hydrogens is 358 g/mol. The van der Waals surface area contributed by atoms with Crippen LogP contribution in [0.1, 0.15) is 23.5 Å². The number of aromatic nitrogens is 2. The fraction of sp³-hybridized carbons (Fsp3) is 0.0909. The SMILES string of the molecule is O=C1C[C@@H](c2cccc3ccccc23)c2cnn(-c3ccc(Cl)cc3)c2N1. The van der Waals surface area contributed by atoms with Crippen molar-refractivity contribution in [1.82, 2.24) is 9.78 Å². The Morgan fingerprint density at radius 1 is 0.963 bits per heavy atom. The van der Waals surface area contributed by atoms with Crippen LogP contribution in [0.15, 0.2) is 72.9 Å². The molecule has 3 aromatic carbocycles. The highest BCUT2D eigenvalue weighted by atomic mass is 35.5. The molecule has 1 aromatic heterocycles. The summed E-state index contributed by atoms with van der Waals surface area (Å²) >= 11 is 6.00. The largest absolute Gasteiger partial charge is 0.310 e. The van der Waals surface area contributed by atoms with Gasteiger partial charge in [-0.15, -0.1) is 0 Å². The molecule has 1 atom stereocenters. The highest BCUT2D eigenvalue weighted by Gasteiger charge is 2.31. The molecule has 2 heterocycles. The zero-order valence-corrected chi connectivity index (χ0v) is 15.1. The number of hydrogen-bond donors (Lipinski definition) is 1. The molecule has 1 aliphatic heterocycles. The van der Waals surface area contributed by atoms with Crippen molar-refractivity contribution in [3.05, 3.63) is 89.1 Å². The van der Waals surface area contributed by atoms with Gasteiger partial charge in [0.15, 0.2) is 0 Å². The van der Waals surface area contributed by atoms with E-state index in [0.717, 1.165) is 22.6 Å². The highest BCUT2D eigenvalue weighted by Crippen LogP contribution is 2.40. The Labute approximate surface area is 161 Å². The zero-order valence-electron chi connectivity index (χ0n) is 14.4. The van der Waals surface area contributed by atoms with Crippen LogP contribution in [0.3, 0.4) is 0 Å². The lowest BCUT2D eigenvalue weighted by Crippen LogP contribution is -2.24. The van der Waals surface area contributed by atoms with E-state index in [4.69, 9.17) is 11.6 Å². The van der Waals surface area contributed by atoms with E-state index in [2.05, 4.69) is 34.7 Å². The number of rotatable bonds is 2. The molecule has 0 aliphatic carbocycles. The van der Waals surface area contributed by atoms with Crippen LogP contribution in [0.5, 0.6) is 0 Å². The van der Waals surface area contributed by atoms with Crippen molar-refractivity contribution < 1.29 is 4.79 Å². The molecule has 1 N–H and O–H groups in total. The summed E-state index contributed by atoms with van der Waals surface area (Å²) in [5.41, 5.74) is 3.04. The van der Waals surface area contributed by atoms with Crippen molar-refractivity contribution in [1.29, 1.82) is 0 Å². The van der Waals surface area contributed by atoms with Crippen LogP contribution in [0.4, 0.5) is 5.82 Å². The zero-order chi connectivity index (χ0) is 18.4. The third-order valence-corrected chi connectivity index (χ3v) is 5.34. The van der Waals surface area contributed by atoms with E-state index in [-0.39, 0.29) is 11.8 Å². The number of nitrogens with one attached hydrogen (secondary N) is 1. The van der Waals surface area contributed by atoms with E-state index in [1.807, 2.05) is 48.7 Å². The van der Waals surface area contributed by atoms with Crippen molar-refractivity contribution in [2.75, 3.05) is 5.32 Å². The van der Waals surface area contributed by atoms with Gasteiger partial charge in [0.1, 0.15) is 5.82 Å². The molecule has 4 aromatic rings. The number of hydrogen-bond acceptors (Lipinski definition) is 2. The Morgan fingerprint density at radius 2 is 1.74 bits per heavy atom. The number of carbonyl (C=O) groups is 1. The molecule has 0 unspecified atom stereocenters. The van der Waals surface area contributed by atoms with Gasteiger partial charge in [0, 0.05) is 22.9 Å².